The number of hydrogen-bond acceptors (Lipinski definition) is 2. The topological polar surface area (TPSA) is 49.4 Å². The number of amides is 2. The standard InChI is InChI=1S/C31H36Cl2N2O2/c1-21(2)25-13-10-23(11-14-25)12-17-30(36)35(20-26-15-16-27(32)19-28(26)33)29(31(37)34-22(3)4)18-24-8-6-5-7-9-24/h5-11,13-16,19,21-22,29H,12,17-18,20H2,1-4H3,(H,34,37)/t29-/m0/s1. The van der Waals surface area contributed by atoms with Crippen molar-refractivity contribution in [3.63, 3.8) is 0 Å². The van der Waals surface area contributed by atoms with E-state index in [0.717, 1.165) is 16.7 Å². The average molecular weight is 540 g/mol. The zero-order valence-electron chi connectivity index (χ0n) is 22.0. The Hall–Kier alpha value is -2.82. The molecule has 0 unspecified atom stereocenters. The second kappa shape index (κ2) is 13.6. The Kier molecular flexibility index (Phi) is 10.6. The van der Waals surface area contributed by atoms with Gasteiger partial charge in [0.25, 0.3) is 0 Å². The van der Waals surface area contributed by atoms with Crippen LogP contribution < -0.4 is 5.32 Å². The van der Waals surface area contributed by atoms with Gasteiger partial charge in [-0.1, -0.05) is 97.7 Å². The van der Waals surface area contributed by atoms with Gasteiger partial charge in [-0.05, 0) is 60.6 Å². The molecule has 1 N–H and O–H groups in total. The van der Waals surface area contributed by atoms with Crippen molar-refractivity contribution >= 4 is 35.0 Å². The van der Waals surface area contributed by atoms with E-state index in [-0.39, 0.29) is 30.8 Å². The summed E-state index contributed by atoms with van der Waals surface area (Å²) in [5, 5.41) is 4.00. The lowest BCUT2D eigenvalue weighted by Crippen LogP contribution is -2.51. The summed E-state index contributed by atoms with van der Waals surface area (Å²) in [4.78, 5) is 28.9. The van der Waals surface area contributed by atoms with E-state index in [9.17, 15) is 9.59 Å². The molecule has 4 nitrogen and oxygen atoms in total. The number of hydrogen-bond donors (Lipinski definition) is 1. The number of nitrogens with zero attached hydrogens (tertiary/aromatic N) is 1. The fourth-order valence-electron chi connectivity index (χ4n) is 4.23. The molecule has 0 saturated heterocycles. The van der Waals surface area contributed by atoms with Gasteiger partial charge in [0, 0.05) is 35.5 Å². The van der Waals surface area contributed by atoms with E-state index in [1.807, 2.05) is 50.2 Å². The van der Waals surface area contributed by atoms with Crippen LogP contribution in [0, 0.1) is 0 Å². The highest BCUT2D eigenvalue weighted by molar-refractivity contribution is 6.35. The molecule has 3 rings (SSSR count). The molecule has 0 spiro atoms. The van der Waals surface area contributed by atoms with E-state index in [2.05, 4.69) is 43.4 Å². The van der Waals surface area contributed by atoms with Gasteiger partial charge >= 0.3 is 0 Å². The molecule has 0 aromatic heterocycles. The fourth-order valence-corrected chi connectivity index (χ4v) is 4.70. The normalized spacial score (nSPS) is 12.0. The van der Waals surface area contributed by atoms with Gasteiger partial charge in [0.15, 0.2) is 0 Å². The van der Waals surface area contributed by atoms with Crippen LogP contribution in [-0.4, -0.2) is 28.8 Å². The second-order valence-corrected chi connectivity index (χ2v) is 10.9. The molecular formula is C31H36Cl2N2O2. The number of aryl methyl sites for hydroxylation is 1. The molecule has 0 saturated carbocycles. The van der Waals surface area contributed by atoms with Crippen molar-refractivity contribution in [1.82, 2.24) is 10.2 Å². The third-order valence-electron chi connectivity index (χ3n) is 6.33. The van der Waals surface area contributed by atoms with Crippen LogP contribution in [-0.2, 0) is 29.0 Å². The van der Waals surface area contributed by atoms with Gasteiger partial charge in [0.1, 0.15) is 6.04 Å². The van der Waals surface area contributed by atoms with Crippen molar-refractivity contribution < 1.29 is 9.59 Å². The molecule has 3 aromatic carbocycles. The quantitative estimate of drug-likeness (QED) is 0.280. The summed E-state index contributed by atoms with van der Waals surface area (Å²) >= 11 is 12.6. The molecular weight excluding hydrogens is 503 g/mol. The summed E-state index contributed by atoms with van der Waals surface area (Å²) in [5.41, 5.74) is 4.09. The van der Waals surface area contributed by atoms with E-state index < -0.39 is 6.04 Å². The summed E-state index contributed by atoms with van der Waals surface area (Å²) in [7, 11) is 0. The molecule has 0 aliphatic carbocycles. The molecule has 0 radical (unpaired) electrons. The smallest absolute Gasteiger partial charge is 0.243 e. The van der Waals surface area contributed by atoms with Gasteiger partial charge in [-0.25, -0.2) is 0 Å². The van der Waals surface area contributed by atoms with E-state index in [1.54, 1.807) is 17.0 Å². The van der Waals surface area contributed by atoms with Crippen molar-refractivity contribution in [2.75, 3.05) is 0 Å². The highest BCUT2D eigenvalue weighted by atomic mass is 35.5. The van der Waals surface area contributed by atoms with Gasteiger partial charge in [-0.3, -0.25) is 9.59 Å². The van der Waals surface area contributed by atoms with E-state index in [1.165, 1.54) is 5.56 Å². The maximum absolute atomic E-state index is 13.8. The molecule has 0 aliphatic heterocycles. The summed E-state index contributed by atoms with van der Waals surface area (Å²) in [5.74, 6) is 0.172. The van der Waals surface area contributed by atoms with Crippen LogP contribution >= 0.6 is 23.2 Å². The zero-order valence-corrected chi connectivity index (χ0v) is 23.5. The predicted octanol–water partition coefficient (Wildman–Crippen LogP) is 7.21. The Morgan fingerprint density at radius 2 is 1.54 bits per heavy atom. The number of halogens is 2. The maximum atomic E-state index is 13.8. The van der Waals surface area contributed by atoms with E-state index in [0.29, 0.717) is 28.8 Å². The van der Waals surface area contributed by atoms with Crippen molar-refractivity contribution in [3.8, 4) is 0 Å². The van der Waals surface area contributed by atoms with Crippen molar-refractivity contribution in [2.24, 2.45) is 0 Å². The van der Waals surface area contributed by atoms with Crippen LogP contribution in [0.2, 0.25) is 10.0 Å². The minimum atomic E-state index is -0.688. The molecule has 3 aromatic rings. The number of benzene rings is 3. The van der Waals surface area contributed by atoms with Crippen LogP contribution in [0.1, 0.15) is 62.3 Å². The summed E-state index contributed by atoms with van der Waals surface area (Å²) < 4.78 is 0. The molecule has 1 atom stereocenters. The highest BCUT2D eigenvalue weighted by Gasteiger charge is 2.31. The van der Waals surface area contributed by atoms with E-state index in [4.69, 9.17) is 23.2 Å². The third-order valence-corrected chi connectivity index (χ3v) is 6.92. The molecule has 0 fully saturated rings. The van der Waals surface area contributed by atoms with Gasteiger partial charge in [-0.2, -0.15) is 0 Å². The summed E-state index contributed by atoms with van der Waals surface area (Å²) in [6.45, 7) is 8.37. The lowest BCUT2D eigenvalue weighted by molar-refractivity contribution is -0.141. The highest BCUT2D eigenvalue weighted by Crippen LogP contribution is 2.25. The van der Waals surface area contributed by atoms with Gasteiger partial charge < -0.3 is 10.2 Å². The number of nitrogens with one attached hydrogen (secondary N) is 1. The molecule has 196 valence electrons. The fraction of sp³-hybridized carbons (Fsp3) is 0.355. The minimum absolute atomic E-state index is 0.0543. The molecule has 6 heteroatoms. The molecule has 37 heavy (non-hydrogen) atoms. The molecule has 0 heterocycles. The lowest BCUT2D eigenvalue weighted by Gasteiger charge is -2.32. The third kappa shape index (κ3) is 8.62. The lowest BCUT2D eigenvalue weighted by atomic mass is 9.99. The number of carbonyl (C=O) groups excluding carboxylic acids is 2. The Labute approximate surface area is 231 Å². The first-order chi connectivity index (χ1) is 17.6. The van der Waals surface area contributed by atoms with Crippen LogP contribution in [0.3, 0.4) is 0 Å². The monoisotopic (exact) mass is 538 g/mol. The van der Waals surface area contributed by atoms with Crippen LogP contribution in [0.25, 0.3) is 0 Å². The second-order valence-electron chi connectivity index (χ2n) is 10.0. The predicted molar refractivity (Wildman–Crippen MR) is 153 cm³/mol. The summed E-state index contributed by atoms with van der Waals surface area (Å²) in [6, 6.07) is 22.6. The van der Waals surface area contributed by atoms with Crippen molar-refractivity contribution in [2.45, 2.75) is 71.5 Å². The number of rotatable bonds is 11. The first-order valence-electron chi connectivity index (χ1n) is 12.8. The summed E-state index contributed by atoms with van der Waals surface area (Å²) in [6.07, 6.45) is 1.28. The Bertz CT molecular complexity index is 1180. The van der Waals surface area contributed by atoms with Crippen molar-refractivity contribution in [1.29, 1.82) is 0 Å². The van der Waals surface area contributed by atoms with Crippen LogP contribution in [0.5, 0.6) is 0 Å². The molecule has 2 amide bonds. The van der Waals surface area contributed by atoms with Crippen LogP contribution in [0.4, 0.5) is 0 Å². The van der Waals surface area contributed by atoms with Gasteiger partial charge in [0.05, 0.1) is 0 Å². The van der Waals surface area contributed by atoms with Crippen LogP contribution in [0.15, 0.2) is 72.8 Å². The van der Waals surface area contributed by atoms with E-state index >= 15 is 0 Å². The molecule has 0 aliphatic rings. The average Bonchev–Trinajstić information content (AvgIpc) is 2.86. The zero-order chi connectivity index (χ0) is 26.9. The first kappa shape index (κ1) is 28.7. The van der Waals surface area contributed by atoms with Gasteiger partial charge in [0.2, 0.25) is 11.8 Å². The minimum Gasteiger partial charge on any atom is -0.352 e. The Morgan fingerprint density at radius 3 is 2.14 bits per heavy atom. The SMILES string of the molecule is CC(C)NC(=O)[C@H](Cc1ccccc1)N(Cc1ccc(Cl)cc1Cl)C(=O)CCc1ccc(C(C)C)cc1. The largest absolute Gasteiger partial charge is 0.352 e. The Balaban J connectivity index is 1.91. The number of carbonyl (C=O) groups is 2. The van der Waals surface area contributed by atoms with Gasteiger partial charge in [-0.15, -0.1) is 0 Å². The maximum Gasteiger partial charge on any atom is 0.243 e. The molecule has 0 bridgehead atoms. The van der Waals surface area contributed by atoms with Crippen molar-refractivity contribution in [3.05, 3.63) is 105 Å². The first-order valence-corrected chi connectivity index (χ1v) is 13.6. The Morgan fingerprint density at radius 1 is 0.865 bits per heavy atom.